The summed E-state index contributed by atoms with van der Waals surface area (Å²) in [5.74, 6) is 1.66. The maximum absolute atomic E-state index is 6.02. The number of nitrogens with zero attached hydrogens (tertiary/aromatic N) is 2. The van der Waals surface area contributed by atoms with E-state index in [-0.39, 0.29) is 6.10 Å². The maximum Gasteiger partial charge on any atom is 0.129 e. The normalized spacial score (nSPS) is 17.9. The quantitative estimate of drug-likeness (QED) is 0.813. The fraction of sp³-hybridized carbons (Fsp3) is 0.308. The molecule has 0 saturated carbocycles. The number of fused-ring (bicyclic) bond motifs is 1. The van der Waals surface area contributed by atoms with Gasteiger partial charge < -0.3 is 10.5 Å². The second kappa shape index (κ2) is 3.52. The first-order chi connectivity index (χ1) is 8.16. The smallest absolute Gasteiger partial charge is 0.129 e. The Morgan fingerprint density at radius 2 is 2.24 bits per heavy atom. The van der Waals surface area contributed by atoms with Gasteiger partial charge >= 0.3 is 0 Å². The summed E-state index contributed by atoms with van der Waals surface area (Å²) in [6, 6.07) is 6.08. The van der Waals surface area contributed by atoms with Crippen LogP contribution in [0.15, 0.2) is 24.4 Å². The van der Waals surface area contributed by atoms with Gasteiger partial charge in [-0.1, -0.05) is 12.1 Å². The number of nitrogen functional groups attached to an aromatic ring is 1. The van der Waals surface area contributed by atoms with Gasteiger partial charge in [-0.15, -0.1) is 0 Å². The molecular formula is C13H15N3O. The highest BCUT2D eigenvalue weighted by molar-refractivity contribution is 5.78. The molecule has 2 N–H and O–H groups in total. The average molecular weight is 229 g/mol. The largest absolute Gasteiger partial charge is 0.490 e. The number of aromatic nitrogens is 2. The van der Waals surface area contributed by atoms with Crippen LogP contribution in [-0.2, 0) is 13.5 Å². The Morgan fingerprint density at radius 3 is 2.94 bits per heavy atom. The van der Waals surface area contributed by atoms with Gasteiger partial charge in [-0.05, 0) is 18.6 Å². The number of anilines is 1. The van der Waals surface area contributed by atoms with Crippen LogP contribution in [0.4, 0.5) is 5.82 Å². The molecule has 4 heteroatoms. The van der Waals surface area contributed by atoms with E-state index in [9.17, 15) is 0 Å². The zero-order chi connectivity index (χ0) is 12.0. The fourth-order valence-electron chi connectivity index (χ4n) is 2.34. The van der Waals surface area contributed by atoms with Crippen molar-refractivity contribution in [1.82, 2.24) is 9.78 Å². The number of rotatable bonds is 1. The van der Waals surface area contributed by atoms with Crippen LogP contribution in [0.3, 0.4) is 0 Å². The average Bonchev–Trinajstić information content (AvgIpc) is 2.82. The Bertz CT molecular complexity index is 574. The summed E-state index contributed by atoms with van der Waals surface area (Å²) in [6.07, 6.45) is 2.98. The first kappa shape index (κ1) is 10.2. The number of hydrogen-bond donors (Lipinski definition) is 1. The van der Waals surface area contributed by atoms with Gasteiger partial charge in [0, 0.05) is 24.6 Å². The number of aryl methyl sites for hydroxylation is 1. The van der Waals surface area contributed by atoms with Crippen LogP contribution in [-0.4, -0.2) is 15.9 Å². The van der Waals surface area contributed by atoms with Crippen LogP contribution >= 0.6 is 0 Å². The lowest BCUT2D eigenvalue weighted by molar-refractivity contribution is 0.254. The molecule has 88 valence electrons. The van der Waals surface area contributed by atoms with Crippen molar-refractivity contribution in [3.05, 3.63) is 30.0 Å². The van der Waals surface area contributed by atoms with E-state index in [2.05, 4.69) is 18.1 Å². The van der Waals surface area contributed by atoms with Gasteiger partial charge in [0.15, 0.2) is 0 Å². The summed E-state index contributed by atoms with van der Waals surface area (Å²) < 4.78 is 7.44. The van der Waals surface area contributed by atoms with Crippen molar-refractivity contribution in [3.8, 4) is 16.9 Å². The van der Waals surface area contributed by atoms with Crippen LogP contribution in [0.25, 0.3) is 11.1 Å². The van der Waals surface area contributed by atoms with Crippen LogP contribution < -0.4 is 10.5 Å². The van der Waals surface area contributed by atoms with E-state index in [0.29, 0.717) is 5.82 Å². The van der Waals surface area contributed by atoms with Crippen molar-refractivity contribution in [2.75, 3.05) is 5.73 Å². The van der Waals surface area contributed by atoms with Crippen molar-refractivity contribution >= 4 is 5.82 Å². The molecule has 2 heterocycles. The molecule has 0 spiro atoms. The van der Waals surface area contributed by atoms with Crippen molar-refractivity contribution in [2.45, 2.75) is 19.4 Å². The molecule has 0 bridgehead atoms. The number of hydrogen-bond acceptors (Lipinski definition) is 3. The Kier molecular flexibility index (Phi) is 2.11. The lowest BCUT2D eigenvalue weighted by Crippen LogP contribution is -2.05. The predicted octanol–water partition coefficient (Wildman–Crippen LogP) is 1.99. The number of ether oxygens (including phenoxy) is 1. The zero-order valence-electron chi connectivity index (χ0n) is 9.97. The molecule has 1 aromatic carbocycles. The van der Waals surface area contributed by atoms with E-state index in [1.807, 2.05) is 25.4 Å². The van der Waals surface area contributed by atoms with Crippen molar-refractivity contribution in [2.24, 2.45) is 7.05 Å². The van der Waals surface area contributed by atoms with Crippen LogP contribution in [0.1, 0.15) is 12.5 Å². The lowest BCUT2D eigenvalue weighted by Gasteiger charge is -2.06. The molecular weight excluding hydrogens is 214 g/mol. The van der Waals surface area contributed by atoms with Crippen molar-refractivity contribution < 1.29 is 4.74 Å². The summed E-state index contributed by atoms with van der Waals surface area (Å²) in [4.78, 5) is 0. The van der Waals surface area contributed by atoms with E-state index >= 15 is 0 Å². The molecule has 0 fully saturated rings. The second-order valence-electron chi connectivity index (χ2n) is 4.48. The summed E-state index contributed by atoms with van der Waals surface area (Å²) in [5, 5.41) is 4.19. The molecule has 3 rings (SSSR count). The minimum atomic E-state index is 0.240. The molecule has 17 heavy (non-hydrogen) atoms. The van der Waals surface area contributed by atoms with Crippen LogP contribution in [0.2, 0.25) is 0 Å². The zero-order valence-corrected chi connectivity index (χ0v) is 9.97. The van der Waals surface area contributed by atoms with Crippen molar-refractivity contribution in [1.29, 1.82) is 0 Å². The molecule has 4 nitrogen and oxygen atoms in total. The maximum atomic E-state index is 6.02. The highest BCUT2D eigenvalue weighted by Gasteiger charge is 2.23. The van der Waals surface area contributed by atoms with Gasteiger partial charge in [0.2, 0.25) is 0 Å². The molecule has 2 aromatic rings. The minimum absolute atomic E-state index is 0.240. The molecule has 1 unspecified atom stereocenters. The van der Waals surface area contributed by atoms with E-state index in [0.717, 1.165) is 23.3 Å². The third kappa shape index (κ3) is 1.48. The van der Waals surface area contributed by atoms with Gasteiger partial charge in [0.1, 0.15) is 17.7 Å². The number of benzene rings is 1. The van der Waals surface area contributed by atoms with Gasteiger partial charge in [-0.2, -0.15) is 5.10 Å². The van der Waals surface area contributed by atoms with E-state index in [1.54, 1.807) is 4.68 Å². The highest BCUT2D eigenvalue weighted by atomic mass is 16.5. The predicted molar refractivity (Wildman–Crippen MR) is 66.9 cm³/mol. The molecule has 1 atom stereocenters. The highest BCUT2D eigenvalue weighted by Crippen LogP contribution is 2.38. The third-order valence-electron chi connectivity index (χ3n) is 3.23. The second-order valence-corrected chi connectivity index (χ2v) is 4.48. The summed E-state index contributed by atoms with van der Waals surface area (Å²) >= 11 is 0. The van der Waals surface area contributed by atoms with Gasteiger partial charge in [0.25, 0.3) is 0 Å². The van der Waals surface area contributed by atoms with Gasteiger partial charge in [0.05, 0.1) is 6.20 Å². The first-order valence-electron chi connectivity index (χ1n) is 5.73. The molecule has 0 radical (unpaired) electrons. The summed E-state index contributed by atoms with van der Waals surface area (Å²) in [5.41, 5.74) is 9.38. The topological polar surface area (TPSA) is 53.1 Å². The van der Waals surface area contributed by atoms with Gasteiger partial charge in [-0.25, -0.2) is 0 Å². The third-order valence-corrected chi connectivity index (χ3v) is 3.23. The standard InChI is InChI=1S/C13H15N3O/c1-8-6-10-9(4-3-5-12(10)17-8)11-7-15-16(2)13(11)14/h3-5,7-8H,6,14H2,1-2H3. The summed E-state index contributed by atoms with van der Waals surface area (Å²) in [7, 11) is 1.85. The molecule has 0 saturated heterocycles. The van der Waals surface area contributed by atoms with E-state index < -0.39 is 0 Å². The van der Waals surface area contributed by atoms with Crippen LogP contribution in [0, 0.1) is 0 Å². The van der Waals surface area contributed by atoms with E-state index in [4.69, 9.17) is 10.5 Å². The Morgan fingerprint density at radius 1 is 1.41 bits per heavy atom. The Hall–Kier alpha value is -1.97. The molecule has 0 aliphatic carbocycles. The SMILES string of the molecule is CC1Cc2c(cccc2-c2cnn(C)c2N)O1. The first-order valence-corrected chi connectivity index (χ1v) is 5.73. The summed E-state index contributed by atoms with van der Waals surface area (Å²) in [6.45, 7) is 2.08. The van der Waals surface area contributed by atoms with Gasteiger partial charge in [-0.3, -0.25) is 4.68 Å². The Labute approximate surface area is 100 Å². The van der Waals surface area contributed by atoms with Crippen molar-refractivity contribution in [3.63, 3.8) is 0 Å². The molecule has 1 aliphatic heterocycles. The van der Waals surface area contributed by atoms with Crippen LogP contribution in [0.5, 0.6) is 5.75 Å². The van der Waals surface area contributed by atoms with E-state index in [1.165, 1.54) is 5.56 Å². The molecule has 1 aliphatic rings. The monoisotopic (exact) mass is 229 g/mol. The lowest BCUT2D eigenvalue weighted by atomic mass is 9.98. The number of nitrogens with two attached hydrogens (primary N) is 1. The fourth-order valence-corrected chi connectivity index (χ4v) is 2.34. The Balaban J connectivity index is 2.17. The molecule has 0 amide bonds. The minimum Gasteiger partial charge on any atom is -0.490 e. The molecule has 1 aromatic heterocycles.